The van der Waals surface area contributed by atoms with E-state index in [4.69, 9.17) is 0 Å². The molecule has 0 aliphatic carbocycles. The Bertz CT molecular complexity index is 880. The minimum absolute atomic E-state index is 0.120. The van der Waals surface area contributed by atoms with Crippen molar-refractivity contribution in [2.24, 2.45) is 0 Å². The van der Waals surface area contributed by atoms with E-state index in [0.29, 0.717) is 22.5 Å². The Morgan fingerprint density at radius 3 is 2.53 bits per heavy atom. The molecule has 4 rings (SSSR count). The van der Waals surface area contributed by atoms with Crippen molar-refractivity contribution in [3.8, 4) is 0 Å². The van der Waals surface area contributed by atoms with Gasteiger partial charge in [0.15, 0.2) is 5.13 Å². The van der Waals surface area contributed by atoms with Crippen LogP contribution < -0.4 is 5.32 Å². The fraction of sp³-hybridized carbons (Fsp3) is 0.571. The highest BCUT2D eigenvalue weighted by atomic mass is 32.1. The number of hydrogen-bond donors (Lipinski definition) is 1. The highest BCUT2D eigenvalue weighted by molar-refractivity contribution is 7.15. The van der Waals surface area contributed by atoms with Gasteiger partial charge in [-0.3, -0.25) is 19.8 Å². The zero-order valence-electron chi connectivity index (χ0n) is 17.6. The first-order chi connectivity index (χ1) is 14.5. The molecule has 0 aromatic carbocycles. The van der Waals surface area contributed by atoms with Gasteiger partial charge in [-0.15, -0.1) is 22.7 Å². The van der Waals surface area contributed by atoms with Gasteiger partial charge in [0, 0.05) is 42.5 Å². The number of nitrogens with one attached hydrogen (secondary N) is 1. The summed E-state index contributed by atoms with van der Waals surface area (Å²) < 4.78 is 0. The Hall–Kier alpha value is -1.81. The van der Waals surface area contributed by atoms with Crippen molar-refractivity contribution in [3.05, 3.63) is 33.0 Å². The Balaban J connectivity index is 1.24. The van der Waals surface area contributed by atoms with Crippen molar-refractivity contribution >= 4 is 39.6 Å². The lowest BCUT2D eigenvalue weighted by atomic mass is 10.0. The van der Waals surface area contributed by atoms with Crippen molar-refractivity contribution in [3.63, 3.8) is 0 Å². The Morgan fingerprint density at radius 1 is 1.13 bits per heavy atom. The maximum atomic E-state index is 12.7. The molecule has 2 fully saturated rings. The molecule has 162 valence electrons. The normalized spacial score (nSPS) is 19.2. The summed E-state index contributed by atoms with van der Waals surface area (Å²) in [6.45, 7) is 7.80. The van der Waals surface area contributed by atoms with Crippen LogP contribution in [0.4, 0.5) is 5.13 Å². The molecule has 0 saturated carbocycles. The molecule has 2 aromatic rings. The van der Waals surface area contributed by atoms with Crippen LogP contribution in [0.2, 0.25) is 0 Å². The van der Waals surface area contributed by atoms with Gasteiger partial charge in [-0.1, -0.05) is 0 Å². The fourth-order valence-corrected chi connectivity index (χ4v) is 5.59. The standard InChI is InChI=1S/C21H29N5O2S2/c1-15-3-4-18(30-15)20(28)23-21-22-16(14-29-21)13-19(27)26-11-9-25(10-12-26)17-5-7-24(2)8-6-17/h3-4,14,17H,5-13H2,1-2H3,(H,22,23,28). The topological polar surface area (TPSA) is 68.8 Å². The van der Waals surface area contributed by atoms with Gasteiger partial charge in [0.2, 0.25) is 5.91 Å². The second-order valence-corrected chi connectivity index (χ2v) is 10.3. The number of likely N-dealkylation sites (tertiary alicyclic amines) is 1. The average molecular weight is 448 g/mol. The summed E-state index contributed by atoms with van der Waals surface area (Å²) in [5, 5.41) is 5.24. The number of piperidine rings is 1. The second-order valence-electron chi connectivity index (χ2n) is 8.14. The average Bonchev–Trinajstić information content (AvgIpc) is 3.37. The second kappa shape index (κ2) is 9.55. The molecule has 2 aliphatic heterocycles. The highest BCUT2D eigenvalue weighted by Gasteiger charge is 2.28. The first-order valence-corrected chi connectivity index (χ1v) is 12.2. The first-order valence-electron chi connectivity index (χ1n) is 10.5. The third-order valence-electron chi connectivity index (χ3n) is 5.94. The van der Waals surface area contributed by atoms with Crippen LogP contribution in [-0.4, -0.2) is 83.9 Å². The van der Waals surface area contributed by atoms with Crippen LogP contribution in [0.15, 0.2) is 17.5 Å². The molecule has 7 nitrogen and oxygen atoms in total. The molecule has 0 unspecified atom stereocenters. The number of carbonyl (C=O) groups is 2. The van der Waals surface area contributed by atoms with Gasteiger partial charge in [-0.2, -0.15) is 0 Å². The van der Waals surface area contributed by atoms with Gasteiger partial charge in [0.05, 0.1) is 17.0 Å². The van der Waals surface area contributed by atoms with Crippen LogP contribution in [0.5, 0.6) is 0 Å². The molecule has 2 aliphatic rings. The number of nitrogens with zero attached hydrogens (tertiary/aromatic N) is 4. The van der Waals surface area contributed by atoms with Gasteiger partial charge in [-0.05, 0) is 52.0 Å². The Morgan fingerprint density at radius 2 is 1.87 bits per heavy atom. The monoisotopic (exact) mass is 447 g/mol. The van der Waals surface area contributed by atoms with E-state index in [-0.39, 0.29) is 11.8 Å². The third kappa shape index (κ3) is 5.26. The molecule has 2 amide bonds. The predicted molar refractivity (Wildman–Crippen MR) is 121 cm³/mol. The van der Waals surface area contributed by atoms with E-state index in [2.05, 4.69) is 27.1 Å². The largest absolute Gasteiger partial charge is 0.340 e. The number of aromatic nitrogens is 1. The van der Waals surface area contributed by atoms with Gasteiger partial charge in [-0.25, -0.2) is 4.98 Å². The van der Waals surface area contributed by atoms with Crippen molar-refractivity contribution in [1.82, 2.24) is 19.7 Å². The summed E-state index contributed by atoms with van der Waals surface area (Å²) in [6, 6.07) is 4.41. The van der Waals surface area contributed by atoms with E-state index < -0.39 is 0 Å². The van der Waals surface area contributed by atoms with Gasteiger partial charge < -0.3 is 9.80 Å². The highest BCUT2D eigenvalue weighted by Crippen LogP contribution is 2.21. The van der Waals surface area contributed by atoms with Crippen LogP contribution >= 0.6 is 22.7 Å². The maximum Gasteiger partial charge on any atom is 0.267 e. The lowest BCUT2D eigenvalue weighted by Crippen LogP contribution is -2.54. The van der Waals surface area contributed by atoms with Crippen molar-refractivity contribution in [2.45, 2.75) is 32.2 Å². The molecule has 1 N–H and O–H groups in total. The molecule has 30 heavy (non-hydrogen) atoms. The zero-order valence-corrected chi connectivity index (χ0v) is 19.2. The minimum atomic E-state index is -0.148. The number of hydrogen-bond acceptors (Lipinski definition) is 7. The third-order valence-corrected chi connectivity index (χ3v) is 7.75. The van der Waals surface area contributed by atoms with Crippen LogP contribution in [0, 0.1) is 6.92 Å². The number of thiophene rings is 1. The van der Waals surface area contributed by atoms with Gasteiger partial charge >= 0.3 is 0 Å². The van der Waals surface area contributed by atoms with Crippen LogP contribution in [0.3, 0.4) is 0 Å². The number of thiazole rings is 1. The van der Waals surface area contributed by atoms with Crippen molar-refractivity contribution < 1.29 is 9.59 Å². The number of carbonyl (C=O) groups excluding carboxylic acids is 2. The van der Waals surface area contributed by atoms with Gasteiger partial charge in [0.25, 0.3) is 5.91 Å². The summed E-state index contributed by atoms with van der Waals surface area (Å²) in [4.78, 5) is 38.1. The molecular formula is C21H29N5O2S2. The van der Waals surface area contributed by atoms with E-state index in [1.807, 2.05) is 29.3 Å². The molecule has 4 heterocycles. The maximum absolute atomic E-state index is 12.7. The molecular weight excluding hydrogens is 418 g/mol. The van der Waals surface area contributed by atoms with Crippen LogP contribution in [0.1, 0.15) is 33.1 Å². The number of aryl methyl sites for hydroxylation is 1. The molecule has 0 bridgehead atoms. The van der Waals surface area contributed by atoms with Gasteiger partial charge in [0.1, 0.15) is 0 Å². The number of rotatable bonds is 5. The van der Waals surface area contributed by atoms with Crippen molar-refractivity contribution in [2.75, 3.05) is 51.6 Å². The van der Waals surface area contributed by atoms with Crippen LogP contribution in [0.25, 0.3) is 0 Å². The van der Waals surface area contributed by atoms with E-state index >= 15 is 0 Å². The van der Waals surface area contributed by atoms with E-state index in [9.17, 15) is 9.59 Å². The summed E-state index contributed by atoms with van der Waals surface area (Å²) in [5.74, 6) is -0.0274. The summed E-state index contributed by atoms with van der Waals surface area (Å²) in [5.41, 5.74) is 0.723. The summed E-state index contributed by atoms with van der Waals surface area (Å²) in [7, 11) is 2.19. The summed E-state index contributed by atoms with van der Waals surface area (Å²) >= 11 is 2.83. The SMILES string of the molecule is Cc1ccc(C(=O)Nc2nc(CC(=O)N3CCN(C4CCN(C)CC4)CC3)cs2)s1. The first kappa shape index (κ1) is 21.4. The van der Waals surface area contributed by atoms with E-state index in [0.717, 1.165) is 36.8 Å². The Labute approximate surface area is 185 Å². The zero-order chi connectivity index (χ0) is 21.1. The molecule has 0 radical (unpaired) electrons. The lowest BCUT2D eigenvalue weighted by molar-refractivity contribution is -0.132. The molecule has 9 heteroatoms. The smallest absolute Gasteiger partial charge is 0.267 e. The number of piperazine rings is 1. The lowest BCUT2D eigenvalue weighted by Gasteiger charge is -2.42. The number of anilines is 1. The Kier molecular flexibility index (Phi) is 6.82. The van der Waals surface area contributed by atoms with Crippen LogP contribution in [-0.2, 0) is 11.2 Å². The molecule has 0 atom stereocenters. The molecule has 0 spiro atoms. The molecule has 2 aromatic heterocycles. The van der Waals surface area contributed by atoms with E-state index in [1.165, 1.54) is 48.6 Å². The molecule has 2 saturated heterocycles. The summed E-state index contributed by atoms with van der Waals surface area (Å²) in [6.07, 6.45) is 2.74. The van der Waals surface area contributed by atoms with E-state index in [1.54, 1.807) is 0 Å². The van der Waals surface area contributed by atoms with Crippen molar-refractivity contribution in [1.29, 1.82) is 0 Å². The quantitative estimate of drug-likeness (QED) is 0.763. The minimum Gasteiger partial charge on any atom is -0.340 e. The fourth-order valence-electron chi connectivity index (χ4n) is 4.12. The predicted octanol–water partition coefficient (Wildman–Crippen LogP) is 2.55. The number of amides is 2.